The number of amides is 1. The first kappa shape index (κ1) is 14.2. The van der Waals surface area contributed by atoms with E-state index in [2.05, 4.69) is 22.8 Å². The van der Waals surface area contributed by atoms with E-state index in [1.54, 1.807) is 0 Å². The first-order valence-corrected chi connectivity index (χ1v) is 8.26. The molecular formula is C17H18N2OS. The van der Waals surface area contributed by atoms with Crippen LogP contribution in [-0.2, 0) is 4.79 Å². The summed E-state index contributed by atoms with van der Waals surface area (Å²) in [4.78, 5) is 12.4. The van der Waals surface area contributed by atoms with Gasteiger partial charge in [0.25, 0.3) is 0 Å². The Labute approximate surface area is 129 Å². The molecule has 3 nitrogen and oxygen atoms in total. The minimum absolute atomic E-state index is 0.0468. The van der Waals surface area contributed by atoms with Gasteiger partial charge in [-0.2, -0.15) is 11.8 Å². The van der Waals surface area contributed by atoms with Crippen LogP contribution in [0.4, 0.5) is 5.69 Å². The molecule has 21 heavy (non-hydrogen) atoms. The maximum Gasteiger partial charge on any atom is 0.242 e. The van der Waals surface area contributed by atoms with Crippen molar-refractivity contribution in [3.8, 4) is 11.1 Å². The molecule has 0 spiro atoms. The van der Waals surface area contributed by atoms with Gasteiger partial charge in [0.05, 0.1) is 6.04 Å². The van der Waals surface area contributed by atoms with Crippen molar-refractivity contribution in [1.29, 1.82) is 0 Å². The molecule has 0 aromatic heterocycles. The van der Waals surface area contributed by atoms with Crippen molar-refractivity contribution in [2.24, 2.45) is 0 Å². The molecule has 2 aromatic carbocycles. The molecule has 108 valence electrons. The summed E-state index contributed by atoms with van der Waals surface area (Å²) in [5.74, 6) is 1.95. The van der Waals surface area contributed by atoms with Crippen molar-refractivity contribution in [3.05, 3.63) is 54.6 Å². The van der Waals surface area contributed by atoms with E-state index in [0.29, 0.717) is 0 Å². The molecule has 2 N–H and O–H groups in total. The quantitative estimate of drug-likeness (QED) is 0.915. The lowest BCUT2D eigenvalue weighted by Crippen LogP contribution is -2.46. The molecule has 0 saturated carbocycles. The number of anilines is 1. The van der Waals surface area contributed by atoms with Gasteiger partial charge in [0.1, 0.15) is 0 Å². The lowest BCUT2D eigenvalue weighted by molar-refractivity contribution is -0.117. The van der Waals surface area contributed by atoms with Gasteiger partial charge in [-0.1, -0.05) is 48.5 Å². The summed E-state index contributed by atoms with van der Waals surface area (Å²) >= 11 is 1.82. The Bertz CT molecular complexity index is 609. The molecule has 0 bridgehead atoms. The molecule has 1 aliphatic rings. The van der Waals surface area contributed by atoms with Crippen molar-refractivity contribution < 1.29 is 4.79 Å². The first-order valence-electron chi connectivity index (χ1n) is 7.11. The minimum Gasteiger partial charge on any atom is -0.324 e. The molecule has 1 amide bonds. The summed E-state index contributed by atoms with van der Waals surface area (Å²) in [5, 5.41) is 6.33. The smallest absolute Gasteiger partial charge is 0.242 e. The van der Waals surface area contributed by atoms with E-state index in [0.717, 1.165) is 34.9 Å². The second-order valence-corrected chi connectivity index (χ2v) is 6.13. The summed E-state index contributed by atoms with van der Waals surface area (Å²) in [6, 6.07) is 17.9. The van der Waals surface area contributed by atoms with Gasteiger partial charge in [0.15, 0.2) is 0 Å². The predicted molar refractivity (Wildman–Crippen MR) is 89.6 cm³/mol. The molecule has 2 aromatic rings. The molecule has 1 fully saturated rings. The molecule has 1 aliphatic heterocycles. The fourth-order valence-electron chi connectivity index (χ4n) is 2.42. The van der Waals surface area contributed by atoms with Crippen LogP contribution in [0.2, 0.25) is 0 Å². The normalized spacial score (nSPS) is 18.2. The highest BCUT2D eigenvalue weighted by molar-refractivity contribution is 7.99. The zero-order chi connectivity index (χ0) is 14.5. The highest BCUT2D eigenvalue weighted by Crippen LogP contribution is 2.27. The van der Waals surface area contributed by atoms with Gasteiger partial charge in [-0.15, -0.1) is 0 Å². The Morgan fingerprint density at radius 3 is 2.62 bits per heavy atom. The van der Waals surface area contributed by atoms with E-state index in [9.17, 15) is 4.79 Å². The average molecular weight is 298 g/mol. The lowest BCUT2D eigenvalue weighted by atomic mass is 10.0. The van der Waals surface area contributed by atoms with Crippen molar-refractivity contribution in [2.45, 2.75) is 6.04 Å². The van der Waals surface area contributed by atoms with E-state index < -0.39 is 0 Å². The largest absolute Gasteiger partial charge is 0.324 e. The van der Waals surface area contributed by atoms with Crippen molar-refractivity contribution >= 4 is 23.4 Å². The van der Waals surface area contributed by atoms with E-state index in [4.69, 9.17) is 0 Å². The summed E-state index contributed by atoms with van der Waals surface area (Å²) in [6.45, 7) is 0.892. The maximum atomic E-state index is 12.4. The van der Waals surface area contributed by atoms with Gasteiger partial charge in [-0.25, -0.2) is 0 Å². The fourth-order valence-corrected chi connectivity index (χ4v) is 3.35. The summed E-state index contributed by atoms with van der Waals surface area (Å²) in [6.07, 6.45) is 0. The summed E-state index contributed by atoms with van der Waals surface area (Å²) in [7, 11) is 0. The molecule has 1 saturated heterocycles. The van der Waals surface area contributed by atoms with Crippen LogP contribution in [0.1, 0.15) is 0 Å². The standard InChI is InChI=1S/C17H18N2OS/c20-17(16-12-21-11-10-18-16)19-15-9-5-4-8-14(15)13-6-2-1-3-7-13/h1-9,16,18H,10-12H2,(H,19,20). The molecule has 0 radical (unpaired) electrons. The maximum absolute atomic E-state index is 12.4. The first-order chi connectivity index (χ1) is 10.3. The number of nitrogens with one attached hydrogen (secondary N) is 2. The van der Waals surface area contributed by atoms with E-state index >= 15 is 0 Å². The minimum atomic E-state index is -0.104. The number of thioether (sulfide) groups is 1. The SMILES string of the molecule is O=C(Nc1ccccc1-c1ccccc1)C1CSCCN1. The topological polar surface area (TPSA) is 41.1 Å². The van der Waals surface area contributed by atoms with Gasteiger partial charge in [-0.05, 0) is 11.6 Å². The molecule has 4 heteroatoms. The number of para-hydroxylation sites is 1. The molecule has 3 rings (SSSR count). The fraction of sp³-hybridized carbons (Fsp3) is 0.235. The van der Waals surface area contributed by atoms with Gasteiger partial charge in [-0.3, -0.25) is 4.79 Å². The highest BCUT2D eigenvalue weighted by Gasteiger charge is 2.21. The third-order valence-electron chi connectivity index (χ3n) is 3.51. The monoisotopic (exact) mass is 298 g/mol. The lowest BCUT2D eigenvalue weighted by Gasteiger charge is -2.23. The summed E-state index contributed by atoms with van der Waals surface area (Å²) in [5.41, 5.74) is 3.03. The zero-order valence-corrected chi connectivity index (χ0v) is 12.5. The van der Waals surface area contributed by atoms with Crippen molar-refractivity contribution in [3.63, 3.8) is 0 Å². The van der Waals surface area contributed by atoms with Crippen LogP contribution < -0.4 is 10.6 Å². The van der Waals surface area contributed by atoms with E-state index in [1.165, 1.54) is 0 Å². The van der Waals surface area contributed by atoms with Crippen LogP contribution in [-0.4, -0.2) is 30.0 Å². The third-order valence-corrected chi connectivity index (χ3v) is 4.57. The van der Waals surface area contributed by atoms with Crippen LogP contribution in [0, 0.1) is 0 Å². The molecule has 1 unspecified atom stereocenters. The molecule has 0 aliphatic carbocycles. The van der Waals surface area contributed by atoms with Crippen LogP contribution in [0.3, 0.4) is 0 Å². The number of carbonyl (C=O) groups excluding carboxylic acids is 1. The number of carbonyl (C=O) groups is 1. The van der Waals surface area contributed by atoms with Crippen LogP contribution in [0.5, 0.6) is 0 Å². The van der Waals surface area contributed by atoms with Crippen LogP contribution in [0.15, 0.2) is 54.6 Å². The van der Waals surface area contributed by atoms with Gasteiger partial charge in [0, 0.05) is 29.3 Å². The van der Waals surface area contributed by atoms with E-state index in [1.807, 2.05) is 54.2 Å². The number of hydrogen-bond donors (Lipinski definition) is 2. The summed E-state index contributed by atoms with van der Waals surface area (Å²) < 4.78 is 0. The van der Waals surface area contributed by atoms with Gasteiger partial charge >= 0.3 is 0 Å². The predicted octanol–water partition coefficient (Wildman–Crippen LogP) is 3.00. The Morgan fingerprint density at radius 1 is 1.10 bits per heavy atom. The molecule has 1 atom stereocenters. The second kappa shape index (κ2) is 6.78. The number of hydrogen-bond acceptors (Lipinski definition) is 3. The van der Waals surface area contributed by atoms with Crippen molar-refractivity contribution in [1.82, 2.24) is 5.32 Å². The Balaban J connectivity index is 1.81. The highest BCUT2D eigenvalue weighted by atomic mass is 32.2. The van der Waals surface area contributed by atoms with E-state index in [-0.39, 0.29) is 11.9 Å². The number of benzene rings is 2. The molecular weight excluding hydrogens is 280 g/mol. The van der Waals surface area contributed by atoms with Crippen LogP contribution >= 0.6 is 11.8 Å². The van der Waals surface area contributed by atoms with Gasteiger partial charge < -0.3 is 10.6 Å². The Hall–Kier alpha value is -1.78. The number of rotatable bonds is 3. The van der Waals surface area contributed by atoms with Crippen molar-refractivity contribution in [2.75, 3.05) is 23.4 Å². The Kier molecular flexibility index (Phi) is 4.58. The second-order valence-electron chi connectivity index (χ2n) is 4.98. The molecule has 1 heterocycles. The van der Waals surface area contributed by atoms with Gasteiger partial charge in [0.2, 0.25) is 5.91 Å². The third kappa shape index (κ3) is 3.46. The zero-order valence-electron chi connectivity index (χ0n) is 11.7. The Morgan fingerprint density at radius 2 is 1.86 bits per heavy atom. The van der Waals surface area contributed by atoms with Crippen LogP contribution in [0.25, 0.3) is 11.1 Å². The average Bonchev–Trinajstić information content (AvgIpc) is 2.57.